The molecule has 4 aromatic rings. The molecule has 4 heterocycles. The summed E-state index contributed by atoms with van der Waals surface area (Å²) in [6.45, 7) is 4.73. The van der Waals surface area contributed by atoms with E-state index in [1.54, 1.807) is 13.4 Å². The molecule has 43 heavy (non-hydrogen) atoms. The molecule has 1 aliphatic heterocycles. The predicted molar refractivity (Wildman–Crippen MR) is 139 cm³/mol. The number of imidazole rings is 1. The van der Waals surface area contributed by atoms with Crippen LogP contribution in [0.2, 0.25) is 0 Å². The first kappa shape index (κ1) is 32.7. The molecule has 1 aliphatic rings. The minimum atomic E-state index is -5.08. The Kier molecular flexibility index (Phi) is 10.6. The second-order valence-electron chi connectivity index (χ2n) is 8.82. The van der Waals surface area contributed by atoms with E-state index < -0.39 is 24.3 Å². The number of benzene rings is 1. The van der Waals surface area contributed by atoms with Gasteiger partial charge in [-0.2, -0.15) is 26.3 Å². The maximum Gasteiger partial charge on any atom is 0.490 e. The smallest absolute Gasteiger partial charge is 0.490 e. The molecular weight excluding hydrogens is 592 g/mol. The average Bonchev–Trinajstić information content (AvgIpc) is 3.63. The first-order valence-electron chi connectivity index (χ1n) is 12.3. The van der Waals surface area contributed by atoms with Gasteiger partial charge in [-0.15, -0.1) is 0 Å². The van der Waals surface area contributed by atoms with Crippen LogP contribution in [0, 0.1) is 0 Å². The number of halogens is 6. The molecule has 0 unspecified atom stereocenters. The molecule has 11 nitrogen and oxygen atoms in total. The van der Waals surface area contributed by atoms with E-state index in [1.807, 2.05) is 49.1 Å². The van der Waals surface area contributed by atoms with E-state index in [1.165, 1.54) is 5.56 Å². The molecular formula is C26H25F6N5O6. The number of piperazine rings is 1. The summed E-state index contributed by atoms with van der Waals surface area (Å²) in [5, 5.41) is 14.2. The van der Waals surface area contributed by atoms with Crippen LogP contribution in [0.25, 0.3) is 16.9 Å². The third kappa shape index (κ3) is 9.09. The summed E-state index contributed by atoms with van der Waals surface area (Å²) >= 11 is 0. The Hall–Kier alpha value is -4.80. The van der Waals surface area contributed by atoms with Gasteiger partial charge in [0.25, 0.3) is 0 Å². The molecule has 0 atom stereocenters. The molecule has 5 rings (SSSR count). The number of aliphatic carboxylic acids is 2. The minimum Gasteiger partial charge on any atom is -0.497 e. The van der Waals surface area contributed by atoms with Crippen LogP contribution in [0.5, 0.6) is 5.75 Å². The molecule has 0 radical (unpaired) electrons. The van der Waals surface area contributed by atoms with E-state index in [2.05, 4.69) is 25.3 Å². The molecule has 0 spiro atoms. The van der Waals surface area contributed by atoms with Gasteiger partial charge in [-0.25, -0.2) is 19.6 Å². The van der Waals surface area contributed by atoms with Gasteiger partial charge < -0.3 is 24.3 Å². The third-order valence-electron chi connectivity index (χ3n) is 5.92. The van der Waals surface area contributed by atoms with Crippen molar-refractivity contribution in [1.82, 2.24) is 19.3 Å². The van der Waals surface area contributed by atoms with Crippen molar-refractivity contribution in [2.75, 3.05) is 38.2 Å². The van der Waals surface area contributed by atoms with Crippen LogP contribution in [0.3, 0.4) is 0 Å². The SMILES string of the molecule is COc1cccc(-c2cnc3c(N4CCN(Cc5ccoc5)CC4)nccn23)c1.O=C(O)C(F)(F)F.O=C(O)C(F)(F)F. The zero-order chi connectivity index (χ0) is 31.8. The number of furan rings is 1. The molecule has 0 aliphatic carbocycles. The normalized spacial score (nSPS) is 13.9. The fourth-order valence-corrected chi connectivity index (χ4v) is 3.88. The highest BCUT2D eigenvalue weighted by Crippen LogP contribution is 2.28. The first-order chi connectivity index (χ1) is 20.2. The van der Waals surface area contributed by atoms with E-state index in [0.29, 0.717) is 0 Å². The molecule has 232 valence electrons. The van der Waals surface area contributed by atoms with Crippen molar-refractivity contribution in [2.45, 2.75) is 18.9 Å². The van der Waals surface area contributed by atoms with Gasteiger partial charge in [-0.1, -0.05) is 12.1 Å². The van der Waals surface area contributed by atoms with Crippen LogP contribution in [0.1, 0.15) is 5.56 Å². The quantitative estimate of drug-likeness (QED) is 0.307. The monoisotopic (exact) mass is 617 g/mol. The molecule has 0 saturated carbocycles. The van der Waals surface area contributed by atoms with Crippen molar-refractivity contribution in [3.63, 3.8) is 0 Å². The second-order valence-corrected chi connectivity index (χ2v) is 8.82. The number of carbonyl (C=O) groups is 2. The molecule has 0 amide bonds. The molecule has 1 saturated heterocycles. The summed E-state index contributed by atoms with van der Waals surface area (Å²) in [5.41, 5.74) is 4.20. The standard InChI is InChI=1S/C22H23N5O2.2C2HF3O2/c1-28-19-4-2-3-18(13-19)20-14-24-22-21(23-6-7-27(20)22)26-10-8-25(9-11-26)15-17-5-12-29-16-17;2*3-2(4,5)1(6)7/h2-7,12-14,16H,8-11,15H2,1H3;2*(H,6,7). The average molecular weight is 618 g/mol. The van der Waals surface area contributed by atoms with Crippen LogP contribution in [0.15, 0.2) is 65.9 Å². The largest absolute Gasteiger partial charge is 0.497 e. The lowest BCUT2D eigenvalue weighted by atomic mass is 10.1. The Morgan fingerprint density at radius 3 is 2.14 bits per heavy atom. The van der Waals surface area contributed by atoms with Crippen molar-refractivity contribution in [1.29, 1.82) is 0 Å². The van der Waals surface area contributed by atoms with Gasteiger partial charge in [0, 0.05) is 56.2 Å². The Labute approximate surface area is 239 Å². The highest BCUT2D eigenvalue weighted by Gasteiger charge is 2.38. The Morgan fingerprint density at radius 2 is 1.60 bits per heavy atom. The van der Waals surface area contributed by atoms with E-state index >= 15 is 0 Å². The van der Waals surface area contributed by atoms with Gasteiger partial charge in [0.2, 0.25) is 0 Å². The maximum atomic E-state index is 10.6. The number of hydrogen-bond acceptors (Lipinski definition) is 8. The zero-order valence-electron chi connectivity index (χ0n) is 22.3. The lowest BCUT2D eigenvalue weighted by molar-refractivity contribution is -0.193. The fraction of sp³-hybridized carbons (Fsp3) is 0.308. The summed E-state index contributed by atoms with van der Waals surface area (Å²) in [6.07, 6.45) is -0.889. The minimum absolute atomic E-state index is 0.834. The predicted octanol–water partition coefficient (Wildman–Crippen LogP) is 4.59. The van der Waals surface area contributed by atoms with Crippen molar-refractivity contribution in [2.24, 2.45) is 0 Å². The van der Waals surface area contributed by atoms with Crippen molar-refractivity contribution < 1.29 is 55.3 Å². The topological polar surface area (TPSA) is 134 Å². The van der Waals surface area contributed by atoms with Gasteiger partial charge in [-0.3, -0.25) is 9.30 Å². The van der Waals surface area contributed by atoms with Crippen molar-refractivity contribution >= 4 is 23.4 Å². The summed E-state index contributed by atoms with van der Waals surface area (Å²) in [7, 11) is 1.68. The lowest BCUT2D eigenvalue weighted by Crippen LogP contribution is -2.46. The number of fused-ring (bicyclic) bond motifs is 1. The number of nitrogens with zero attached hydrogens (tertiary/aromatic N) is 5. The first-order valence-corrected chi connectivity index (χ1v) is 12.3. The van der Waals surface area contributed by atoms with Gasteiger partial charge in [-0.05, 0) is 18.2 Å². The van der Waals surface area contributed by atoms with Crippen LogP contribution in [-0.2, 0) is 16.1 Å². The van der Waals surface area contributed by atoms with Gasteiger partial charge in [0.15, 0.2) is 11.5 Å². The van der Waals surface area contributed by atoms with Gasteiger partial charge in [0.1, 0.15) is 5.75 Å². The molecule has 1 aromatic carbocycles. The number of methoxy groups -OCH3 is 1. The molecule has 0 bridgehead atoms. The van der Waals surface area contributed by atoms with Crippen molar-refractivity contribution in [3.8, 4) is 17.0 Å². The Balaban J connectivity index is 0.000000303. The number of hydrogen-bond donors (Lipinski definition) is 2. The van der Waals surface area contributed by atoms with Crippen molar-refractivity contribution in [3.05, 3.63) is 67.0 Å². The van der Waals surface area contributed by atoms with Crippen LogP contribution in [-0.4, -0.2) is 87.1 Å². The Bertz CT molecular complexity index is 1470. The zero-order valence-corrected chi connectivity index (χ0v) is 22.3. The molecule has 1 fully saturated rings. The number of aromatic nitrogens is 3. The van der Waals surface area contributed by atoms with Crippen LogP contribution in [0.4, 0.5) is 32.2 Å². The molecule has 2 N–H and O–H groups in total. The van der Waals surface area contributed by atoms with Gasteiger partial charge in [0.05, 0.1) is 31.5 Å². The van der Waals surface area contributed by atoms with E-state index in [0.717, 1.165) is 61.2 Å². The summed E-state index contributed by atoms with van der Waals surface area (Å²) < 4.78 is 76.1. The number of carboxylic acids is 2. The number of rotatable bonds is 5. The molecule has 17 heteroatoms. The Morgan fingerprint density at radius 1 is 0.977 bits per heavy atom. The highest BCUT2D eigenvalue weighted by molar-refractivity contribution is 5.73. The van der Waals surface area contributed by atoms with Crippen LogP contribution < -0.4 is 9.64 Å². The van der Waals surface area contributed by atoms with Gasteiger partial charge >= 0.3 is 24.3 Å². The number of anilines is 1. The second kappa shape index (κ2) is 13.9. The highest BCUT2D eigenvalue weighted by atomic mass is 19.4. The third-order valence-corrected chi connectivity index (χ3v) is 5.92. The number of alkyl halides is 6. The molecule has 3 aromatic heterocycles. The maximum absolute atomic E-state index is 10.6. The summed E-state index contributed by atoms with van der Waals surface area (Å²) in [5.74, 6) is -3.75. The number of ether oxygens (including phenoxy) is 1. The van der Waals surface area contributed by atoms with E-state index in [4.69, 9.17) is 33.9 Å². The van der Waals surface area contributed by atoms with Crippen LogP contribution >= 0.6 is 0 Å². The summed E-state index contributed by atoms with van der Waals surface area (Å²) in [4.78, 5) is 31.9. The fourth-order valence-electron chi connectivity index (χ4n) is 3.88. The number of carboxylic acid groups (broad SMARTS) is 2. The van der Waals surface area contributed by atoms with E-state index in [-0.39, 0.29) is 0 Å². The lowest BCUT2D eigenvalue weighted by Gasteiger charge is -2.35. The van der Waals surface area contributed by atoms with E-state index in [9.17, 15) is 26.3 Å². The summed E-state index contributed by atoms with van der Waals surface area (Å²) in [6, 6.07) is 10.1.